The van der Waals surface area contributed by atoms with E-state index in [1.54, 1.807) is 55.7 Å². The van der Waals surface area contributed by atoms with Gasteiger partial charge in [-0.25, -0.2) is 8.42 Å². The van der Waals surface area contributed by atoms with Crippen LogP contribution in [0.2, 0.25) is 0 Å². The molecule has 1 heterocycles. The molecule has 5 rings (SSSR count). The standard InChI is InChI=1S/C30H28N2O4S/c1-30(2)19-23-10-14-25(36-3)17-27(23)28(31-30)18-29(33)21-8-12-24(13-9-21)32-37(34,35)26-15-11-20-6-4-5-7-22(20)16-26/h4-18,31-32H,19H2,1-3H3. The lowest BCUT2D eigenvalue weighted by Gasteiger charge is -2.35. The first-order chi connectivity index (χ1) is 17.6. The van der Waals surface area contributed by atoms with Crippen LogP contribution in [0, 0.1) is 0 Å². The zero-order valence-electron chi connectivity index (χ0n) is 20.9. The molecule has 1 aliphatic heterocycles. The fraction of sp³-hybridized carbons (Fsp3) is 0.167. The summed E-state index contributed by atoms with van der Waals surface area (Å²) in [7, 11) is -2.17. The van der Waals surface area contributed by atoms with E-state index in [0.717, 1.165) is 39.8 Å². The molecular formula is C30H28N2O4S. The highest BCUT2D eigenvalue weighted by Gasteiger charge is 2.28. The number of hydrogen-bond donors (Lipinski definition) is 2. The number of methoxy groups -OCH3 is 1. The van der Waals surface area contributed by atoms with Crippen LogP contribution in [0.5, 0.6) is 5.75 Å². The van der Waals surface area contributed by atoms with Gasteiger partial charge in [-0.2, -0.15) is 0 Å². The topological polar surface area (TPSA) is 84.5 Å². The molecule has 6 nitrogen and oxygen atoms in total. The number of allylic oxidation sites excluding steroid dienone is 1. The molecule has 0 amide bonds. The molecule has 0 aromatic heterocycles. The quantitative estimate of drug-likeness (QED) is 0.252. The predicted octanol–water partition coefficient (Wildman–Crippen LogP) is 5.80. The van der Waals surface area contributed by atoms with E-state index in [0.29, 0.717) is 11.3 Å². The summed E-state index contributed by atoms with van der Waals surface area (Å²) >= 11 is 0. The monoisotopic (exact) mass is 512 g/mol. The van der Waals surface area contributed by atoms with Crippen molar-refractivity contribution in [2.75, 3.05) is 11.8 Å². The summed E-state index contributed by atoms with van der Waals surface area (Å²) in [6.07, 6.45) is 2.41. The molecule has 0 atom stereocenters. The Morgan fingerprint density at radius 1 is 0.946 bits per heavy atom. The van der Waals surface area contributed by atoms with Crippen molar-refractivity contribution in [1.29, 1.82) is 0 Å². The third-order valence-corrected chi connectivity index (χ3v) is 7.82. The zero-order chi connectivity index (χ0) is 26.2. The number of anilines is 1. The summed E-state index contributed by atoms with van der Waals surface area (Å²) < 4.78 is 33.9. The number of carbonyl (C=O) groups is 1. The van der Waals surface area contributed by atoms with Crippen molar-refractivity contribution in [1.82, 2.24) is 5.32 Å². The van der Waals surface area contributed by atoms with Crippen molar-refractivity contribution < 1.29 is 17.9 Å². The van der Waals surface area contributed by atoms with Crippen LogP contribution in [-0.2, 0) is 16.4 Å². The Hall–Kier alpha value is -4.10. The normalized spacial score (nSPS) is 15.6. The second kappa shape index (κ2) is 9.41. The summed E-state index contributed by atoms with van der Waals surface area (Å²) in [5.41, 5.74) is 3.43. The number of ether oxygens (including phenoxy) is 1. The van der Waals surface area contributed by atoms with Crippen LogP contribution in [0.3, 0.4) is 0 Å². The van der Waals surface area contributed by atoms with Gasteiger partial charge in [0.15, 0.2) is 5.78 Å². The van der Waals surface area contributed by atoms with Crippen molar-refractivity contribution in [3.63, 3.8) is 0 Å². The first kappa shape index (κ1) is 24.6. The molecule has 0 aliphatic carbocycles. The van der Waals surface area contributed by atoms with E-state index < -0.39 is 10.0 Å². The van der Waals surface area contributed by atoms with E-state index in [1.807, 2.05) is 42.5 Å². The van der Waals surface area contributed by atoms with Gasteiger partial charge in [-0.15, -0.1) is 0 Å². The molecule has 0 spiro atoms. The van der Waals surface area contributed by atoms with Crippen LogP contribution in [0.25, 0.3) is 16.5 Å². The van der Waals surface area contributed by atoms with Gasteiger partial charge in [0.2, 0.25) is 0 Å². The second-order valence-corrected chi connectivity index (χ2v) is 11.5. The van der Waals surface area contributed by atoms with Crippen molar-refractivity contribution in [3.8, 4) is 5.75 Å². The molecule has 37 heavy (non-hydrogen) atoms. The predicted molar refractivity (Wildman–Crippen MR) is 147 cm³/mol. The molecule has 0 radical (unpaired) electrons. The number of sulfonamides is 1. The van der Waals surface area contributed by atoms with Gasteiger partial charge in [0.1, 0.15) is 5.75 Å². The lowest BCUT2D eigenvalue weighted by Crippen LogP contribution is -2.43. The van der Waals surface area contributed by atoms with E-state index >= 15 is 0 Å². The van der Waals surface area contributed by atoms with Gasteiger partial charge in [-0.05, 0) is 85.1 Å². The van der Waals surface area contributed by atoms with E-state index in [4.69, 9.17) is 4.74 Å². The fourth-order valence-corrected chi connectivity index (χ4v) is 5.71. The van der Waals surface area contributed by atoms with E-state index in [1.165, 1.54) is 0 Å². The molecule has 1 aliphatic rings. The van der Waals surface area contributed by atoms with Gasteiger partial charge in [0.05, 0.1) is 12.0 Å². The van der Waals surface area contributed by atoms with Crippen molar-refractivity contribution in [2.24, 2.45) is 0 Å². The average Bonchev–Trinajstić information content (AvgIpc) is 2.87. The summed E-state index contributed by atoms with van der Waals surface area (Å²) in [6, 6.07) is 24.9. The summed E-state index contributed by atoms with van der Waals surface area (Å²) in [5.74, 6) is 0.541. The van der Waals surface area contributed by atoms with Crippen LogP contribution in [0.4, 0.5) is 5.69 Å². The molecule has 0 saturated carbocycles. The lowest BCUT2D eigenvalue weighted by atomic mass is 9.85. The lowest BCUT2D eigenvalue weighted by molar-refractivity contribution is 0.104. The second-order valence-electron chi connectivity index (χ2n) is 9.82. The summed E-state index contributed by atoms with van der Waals surface area (Å²) in [6.45, 7) is 4.18. The van der Waals surface area contributed by atoms with Crippen LogP contribution < -0.4 is 14.8 Å². The average molecular weight is 513 g/mol. The van der Waals surface area contributed by atoms with Gasteiger partial charge in [-0.1, -0.05) is 36.4 Å². The Morgan fingerprint density at radius 3 is 2.41 bits per heavy atom. The Kier molecular flexibility index (Phi) is 6.25. The largest absolute Gasteiger partial charge is 0.497 e. The maximum Gasteiger partial charge on any atom is 0.261 e. The Bertz CT molecular complexity index is 1640. The molecule has 0 saturated heterocycles. The van der Waals surface area contributed by atoms with Gasteiger partial charge < -0.3 is 10.1 Å². The van der Waals surface area contributed by atoms with Gasteiger partial charge in [-0.3, -0.25) is 9.52 Å². The molecule has 0 fully saturated rings. The van der Waals surface area contributed by atoms with E-state index in [-0.39, 0.29) is 16.2 Å². The van der Waals surface area contributed by atoms with E-state index in [2.05, 4.69) is 23.9 Å². The van der Waals surface area contributed by atoms with Crippen molar-refractivity contribution in [2.45, 2.75) is 30.7 Å². The van der Waals surface area contributed by atoms with Gasteiger partial charge >= 0.3 is 0 Å². The molecule has 0 unspecified atom stereocenters. The first-order valence-corrected chi connectivity index (χ1v) is 13.5. The molecular weight excluding hydrogens is 484 g/mol. The number of carbonyl (C=O) groups excluding carboxylic acids is 1. The smallest absolute Gasteiger partial charge is 0.261 e. The Labute approximate surface area is 217 Å². The molecule has 4 aromatic rings. The molecule has 7 heteroatoms. The highest BCUT2D eigenvalue weighted by atomic mass is 32.2. The van der Waals surface area contributed by atoms with Gasteiger partial charge in [0.25, 0.3) is 10.0 Å². The van der Waals surface area contributed by atoms with Crippen LogP contribution >= 0.6 is 0 Å². The maximum atomic E-state index is 13.1. The van der Waals surface area contributed by atoms with Crippen LogP contribution in [0.1, 0.15) is 35.3 Å². The van der Waals surface area contributed by atoms with Crippen LogP contribution in [-0.4, -0.2) is 26.8 Å². The number of benzene rings is 4. The van der Waals surface area contributed by atoms with E-state index in [9.17, 15) is 13.2 Å². The number of rotatable bonds is 6. The van der Waals surface area contributed by atoms with Crippen LogP contribution in [0.15, 0.2) is 95.9 Å². The summed E-state index contributed by atoms with van der Waals surface area (Å²) in [4.78, 5) is 13.3. The first-order valence-electron chi connectivity index (χ1n) is 12.0. The molecule has 0 bridgehead atoms. The highest BCUT2D eigenvalue weighted by Crippen LogP contribution is 2.32. The molecule has 188 valence electrons. The van der Waals surface area contributed by atoms with Crippen molar-refractivity contribution in [3.05, 3.63) is 108 Å². The minimum Gasteiger partial charge on any atom is -0.497 e. The number of fused-ring (bicyclic) bond motifs is 2. The third-order valence-electron chi connectivity index (χ3n) is 6.44. The van der Waals surface area contributed by atoms with Crippen molar-refractivity contribution >= 4 is 38.0 Å². The molecule has 2 N–H and O–H groups in total. The number of ketones is 1. The van der Waals surface area contributed by atoms with Gasteiger partial charge in [0, 0.05) is 34.1 Å². The highest BCUT2D eigenvalue weighted by molar-refractivity contribution is 7.92. The number of nitrogens with one attached hydrogen (secondary N) is 2. The Balaban J connectivity index is 1.38. The zero-order valence-corrected chi connectivity index (χ0v) is 21.7. The fourth-order valence-electron chi connectivity index (χ4n) is 4.62. The molecule has 4 aromatic carbocycles. The number of hydrogen-bond acceptors (Lipinski definition) is 5. The third kappa shape index (κ3) is 5.22. The minimum atomic E-state index is -3.78. The SMILES string of the molecule is COc1ccc2c(c1)C(=CC(=O)c1ccc(NS(=O)(=O)c3ccc4ccccc4c3)cc1)NC(C)(C)C2. The maximum absolute atomic E-state index is 13.1. The summed E-state index contributed by atoms with van der Waals surface area (Å²) in [5, 5.41) is 5.28. The minimum absolute atomic E-state index is 0.177. The Morgan fingerprint density at radius 2 is 1.68 bits per heavy atom.